The first-order chi connectivity index (χ1) is 12.8. The highest BCUT2D eigenvalue weighted by Gasteiger charge is 2.30. The molecule has 1 N–H and O–H groups in total. The summed E-state index contributed by atoms with van der Waals surface area (Å²) in [5.41, 5.74) is 1.48. The summed E-state index contributed by atoms with van der Waals surface area (Å²) in [6.45, 7) is 6.69. The third-order valence-electron chi connectivity index (χ3n) is 4.56. The van der Waals surface area contributed by atoms with E-state index in [1.54, 1.807) is 44.4 Å². The fourth-order valence-corrected chi connectivity index (χ4v) is 4.79. The molecular weight excluding hydrogens is 364 g/mol. The molecule has 0 atom stereocenters. The molecule has 0 aliphatic carbocycles. The fourth-order valence-electron chi connectivity index (χ4n) is 3.07. The van der Waals surface area contributed by atoms with Gasteiger partial charge in [0.2, 0.25) is 15.7 Å². The minimum Gasteiger partial charge on any atom is -0.385 e. The van der Waals surface area contributed by atoms with E-state index >= 15 is 0 Å². The number of hydrogen-bond donors (Lipinski definition) is 1. The lowest BCUT2D eigenvalue weighted by Crippen LogP contribution is -2.18. The molecule has 7 heteroatoms. The van der Waals surface area contributed by atoms with Gasteiger partial charge < -0.3 is 14.6 Å². The molecule has 148 valence electrons. The van der Waals surface area contributed by atoms with Crippen molar-refractivity contribution in [3.8, 4) is 0 Å². The first-order valence-corrected chi connectivity index (χ1v) is 10.6. The van der Waals surface area contributed by atoms with Gasteiger partial charge in [0.15, 0.2) is 0 Å². The lowest BCUT2D eigenvalue weighted by Gasteiger charge is -2.14. The van der Waals surface area contributed by atoms with Crippen molar-refractivity contribution in [3.63, 3.8) is 0 Å². The normalized spacial score (nSPS) is 11.6. The molecule has 0 aliphatic heterocycles. The molecule has 6 nitrogen and oxygen atoms in total. The highest BCUT2D eigenvalue weighted by Crippen LogP contribution is 2.35. The average molecular weight is 393 g/mol. The summed E-state index contributed by atoms with van der Waals surface area (Å²) in [5.74, 6) is 0.163. The van der Waals surface area contributed by atoms with Crippen molar-refractivity contribution in [2.24, 2.45) is 0 Å². The highest BCUT2D eigenvalue weighted by atomic mass is 32.2. The summed E-state index contributed by atoms with van der Waals surface area (Å²) < 4.78 is 33.6. The average Bonchev–Trinajstić information content (AvgIpc) is 2.87. The van der Waals surface area contributed by atoms with E-state index in [0.29, 0.717) is 43.8 Å². The van der Waals surface area contributed by atoms with Crippen molar-refractivity contribution < 1.29 is 17.9 Å². The Labute approximate surface area is 161 Å². The number of carbonyl (C=O) groups is 1. The van der Waals surface area contributed by atoms with Gasteiger partial charge in [0, 0.05) is 32.4 Å². The van der Waals surface area contributed by atoms with Crippen LogP contribution in [-0.4, -0.2) is 32.6 Å². The largest absolute Gasteiger partial charge is 0.385 e. The summed E-state index contributed by atoms with van der Waals surface area (Å²) in [6, 6.07) is 8.31. The number of rotatable bonds is 9. The molecule has 1 heterocycles. The van der Waals surface area contributed by atoms with E-state index in [0.717, 1.165) is 5.69 Å². The molecule has 0 unspecified atom stereocenters. The van der Waals surface area contributed by atoms with Gasteiger partial charge in [-0.25, -0.2) is 8.42 Å². The zero-order chi connectivity index (χ0) is 20.0. The van der Waals surface area contributed by atoms with Crippen LogP contribution in [0.3, 0.4) is 0 Å². The van der Waals surface area contributed by atoms with Crippen LogP contribution in [0.15, 0.2) is 40.1 Å². The van der Waals surface area contributed by atoms with Crippen LogP contribution in [0.2, 0.25) is 0 Å². The second kappa shape index (κ2) is 9.19. The Bertz CT molecular complexity index is 886. The van der Waals surface area contributed by atoms with Crippen LogP contribution in [-0.2, 0) is 25.9 Å². The number of nitrogens with one attached hydrogen (secondary N) is 1. The van der Waals surface area contributed by atoms with Gasteiger partial charge in [-0.1, -0.05) is 25.1 Å². The topological polar surface area (TPSA) is 77.4 Å². The van der Waals surface area contributed by atoms with Gasteiger partial charge in [0.05, 0.1) is 4.90 Å². The minimum absolute atomic E-state index is 0.174. The molecule has 0 bridgehead atoms. The fraction of sp³-hybridized carbons (Fsp3) is 0.450. The standard InChI is InChI=1S/C20H28N2O4S/c1-5-10-18(23)21-20-19(27(24,25)17-11-7-6-8-12-17)15(2)16(3)22(20)13-9-14-26-4/h6-8,11-12H,5,9-10,13-14H2,1-4H3,(H,21,23). The molecule has 1 aromatic carbocycles. The first kappa shape index (κ1) is 21.2. The number of hydrogen-bond acceptors (Lipinski definition) is 4. The molecule has 0 spiro atoms. The Morgan fingerprint density at radius 1 is 1.19 bits per heavy atom. The number of ether oxygens (including phenoxy) is 1. The van der Waals surface area contributed by atoms with Crippen molar-refractivity contribution in [2.75, 3.05) is 19.0 Å². The Kier molecular flexibility index (Phi) is 7.21. The first-order valence-electron chi connectivity index (χ1n) is 9.13. The quantitative estimate of drug-likeness (QED) is 0.660. The zero-order valence-electron chi connectivity index (χ0n) is 16.4. The maximum atomic E-state index is 13.3. The van der Waals surface area contributed by atoms with Crippen LogP contribution in [0.1, 0.15) is 37.4 Å². The van der Waals surface area contributed by atoms with Gasteiger partial charge in [-0.05, 0) is 44.4 Å². The van der Waals surface area contributed by atoms with Crippen LogP contribution in [0.5, 0.6) is 0 Å². The van der Waals surface area contributed by atoms with Gasteiger partial charge in [-0.3, -0.25) is 4.79 Å². The summed E-state index contributed by atoms with van der Waals surface area (Å²) in [6.07, 6.45) is 1.74. The second-order valence-corrected chi connectivity index (χ2v) is 8.39. The maximum Gasteiger partial charge on any atom is 0.225 e. The maximum absolute atomic E-state index is 13.3. The molecule has 0 saturated heterocycles. The van der Waals surface area contributed by atoms with Gasteiger partial charge in [0.1, 0.15) is 10.7 Å². The third kappa shape index (κ3) is 4.59. The Morgan fingerprint density at radius 3 is 2.44 bits per heavy atom. The number of carbonyl (C=O) groups excluding carboxylic acids is 1. The van der Waals surface area contributed by atoms with Crippen LogP contribution >= 0.6 is 0 Å². The van der Waals surface area contributed by atoms with Gasteiger partial charge in [0.25, 0.3) is 0 Å². The summed E-state index contributed by atoms with van der Waals surface area (Å²) in [7, 11) is -2.13. The molecular formula is C20H28N2O4S. The van der Waals surface area contributed by atoms with E-state index < -0.39 is 9.84 Å². The van der Waals surface area contributed by atoms with Crippen molar-refractivity contribution in [2.45, 2.75) is 56.4 Å². The number of benzene rings is 1. The van der Waals surface area contributed by atoms with Gasteiger partial charge >= 0.3 is 0 Å². The Hall–Kier alpha value is -2.12. The zero-order valence-corrected chi connectivity index (χ0v) is 17.2. The molecule has 2 aromatic rings. The van der Waals surface area contributed by atoms with E-state index in [9.17, 15) is 13.2 Å². The second-order valence-electron chi connectivity index (χ2n) is 6.50. The predicted octanol–water partition coefficient (Wildman–Crippen LogP) is 3.71. The number of aromatic nitrogens is 1. The van der Waals surface area contributed by atoms with Gasteiger partial charge in [-0.2, -0.15) is 0 Å². The van der Waals surface area contributed by atoms with Crippen LogP contribution in [0, 0.1) is 13.8 Å². The van der Waals surface area contributed by atoms with Gasteiger partial charge in [-0.15, -0.1) is 0 Å². The lowest BCUT2D eigenvalue weighted by molar-refractivity contribution is -0.116. The molecule has 0 saturated carbocycles. The molecule has 1 aromatic heterocycles. The molecule has 0 aliphatic rings. The lowest BCUT2D eigenvalue weighted by atomic mass is 10.3. The number of amides is 1. The summed E-state index contributed by atoms with van der Waals surface area (Å²) in [4.78, 5) is 12.7. The van der Waals surface area contributed by atoms with Crippen molar-refractivity contribution in [3.05, 3.63) is 41.6 Å². The number of methoxy groups -OCH3 is 1. The van der Waals surface area contributed by atoms with Crippen LogP contribution in [0.25, 0.3) is 0 Å². The molecule has 2 rings (SSSR count). The predicted molar refractivity (Wildman–Crippen MR) is 106 cm³/mol. The van der Waals surface area contributed by atoms with E-state index in [4.69, 9.17) is 4.74 Å². The van der Waals surface area contributed by atoms with Crippen LogP contribution < -0.4 is 5.32 Å². The van der Waals surface area contributed by atoms with Crippen LogP contribution in [0.4, 0.5) is 5.82 Å². The SMILES string of the molecule is CCCC(=O)Nc1c(S(=O)(=O)c2ccccc2)c(C)c(C)n1CCCOC. The molecule has 0 radical (unpaired) electrons. The number of nitrogens with zero attached hydrogens (tertiary/aromatic N) is 1. The smallest absolute Gasteiger partial charge is 0.225 e. The van der Waals surface area contributed by atoms with E-state index in [1.807, 2.05) is 18.4 Å². The summed E-state index contributed by atoms with van der Waals surface area (Å²) >= 11 is 0. The minimum atomic E-state index is -3.76. The third-order valence-corrected chi connectivity index (χ3v) is 6.49. The number of anilines is 1. The van der Waals surface area contributed by atoms with Crippen molar-refractivity contribution in [1.29, 1.82) is 0 Å². The molecule has 0 fully saturated rings. The van der Waals surface area contributed by atoms with E-state index in [-0.39, 0.29) is 15.7 Å². The van der Waals surface area contributed by atoms with E-state index in [1.165, 1.54) is 0 Å². The Morgan fingerprint density at radius 2 is 1.85 bits per heavy atom. The van der Waals surface area contributed by atoms with E-state index in [2.05, 4.69) is 5.32 Å². The molecule has 27 heavy (non-hydrogen) atoms. The highest BCUT2D eigenvalue weighted by molar-refractivity contribution is 7.91. The van der Waals surface area contributed by atoms with Crippen molar-refractivity contribution in [1.82, 2.24) is 4.57 Å². The molecule has 1 amide bonds. The Balaban J connectivity index is 2.61. The van der Waals surface area contributed by atoms with Crippen molar-refractivity contribution >= 4 is 21.6 Å². The number of sulfone groups is 1. The monoisotopic (exact) mass is 392 g/mol. The summed E-state index contributed by atoms with van der Waals surface area (Å²) in [5, 5.41) is 2.85.